The zero-order valence-corrected chi connectivity index (χ0v) is 16.7. The quantitative estimate of drug-likeness (QED) is 0.460. The average molecular weight is 404 g/mol. The number of anilines is 1. The van der Waals surface area contributed by atoms with Gasteiger partial charge in [0.25, 0.3) is 5.91 Å². The maximum absolute atomic E-state index is 12.3. The monoisotopic (exact) mass is 404 g/mol. The van der Waals surface area contributed by atoms with Gasteiger partial charge in [-0.05, 0) is 42.1 Å². The maximum atomic E-state index is 12.3. The lowest BCUT2D eigenvalue weighted by atomic mass is 10.1. The van der Waals surface area contributed by atoms with Crippen LogP contribution in [-0.2, 0) is 0 Å². The molecule has 146 valence electrons. The minimum Gasteiger partial charge on any atom is -0.368 e. The Kier molecular flexibility index (Phi) is 5.62. The van der Waals surface area contributed by atoms with E-state index >= 15 is 0 Å². The molecular formula is C21H20N6OS. The highest BCUT2D eigenvalue weighted by atomic mass is 32.1. The Bertz CT molecular complexity index is 1090. The number of hydrogen-bond acceptors (Lipinski definition) is 6. The molecule has 3 aromatic heterocycles. The lowest BCUT2D eigenvalue weighted by molar-refractivity contribution is 0.0955. The van der Waals surface area contributed by atoms with Crippen LogP contribution in [0.4, 0.5) is 5.82 Å². The Labute approximate surface area is 172 Å². The number of hydrogen-bond donors (Lipinski definition) is 2. The van der Waals surface area contributed by atoms with Crippen LogP contribution in [0.25, 0.3) is 16.3 Å². The van der Waals surface area contributed by atoms with Crippen LogP contribution in [-0.4, -0.2) is 38.7 Å². The largest absolute Gasteiger partial charge is 0.368 e. The van der Waals surface area contributed by atoms with E-state index in [4.69, 9.17) is 0 Å². The van der Waals surface area contributed by atoms with Crippen molar-refractivity contribution < 1.29 is 4.79 Å². The molecule has 0 aliphatic rings. The highest BCUT2D eigenvalue weighted by Crippen LogP contribution is 2.24. The molecule has 0 saturated carbocycles. The van der Waals surface area contributed by atoms with E-state index < -0.39 is 0 Å². The molecule has 4 rings (SSSR count). The summed E-state index contributed by atoms with van der Waals surface area (Å²) in [6.45, 7) is 2.95. The Morgan fingerprint density at radius 2 is 1.97 bits per heavy atom. The van der Waals surface area contributed by atoms with E-state index in [1.807, 2.05) is 61.0 Å². The van der Waals surface area contributed by atoms with Crippen molar-refractivity contribution in [2.75, 3.05) is 18.4 Å². The van der Waals surface area contributed by atoms with Crippen LogP contribution in [0.5, 0.6) is 0 Å². The lowest BCUT2D eigenvalue weighted by Crippen LogP contribution is -2.28. The number of aromatic nitrogens is 4. The minimum atomic E-state index is -0.0973. The first-order chi connectivity index (χ1) is 14.2. The molecule has 2 N–H and O–H groups in total. The van der Waals surface area contributed by atoms with Gasteiger partial charge in [-0.25, -0.2) is 14.6 Å². The van der Waals surface area contributed by atoms with Gasteiger partial charge in [0.2, 0.25) is 0 Å². The molecule has 1 amide bonds. The third-order valence-electron chi connectivity index (χ3n) is 4.28. The Morgan fingerprint density at radius 1 is 1.10 bits per heavy atom. The van der Waals surface area contributed by atoms with Crippen molar-refractivity contribution in [3.05, 3.63) is 77.7 Å². The van der Waals surface area contributed by atoms with Crippen LogP contribution < -0.4 is 10.6 Å². The van der Waals surface area contributed by atoms with Gasteiger partial charge in [-0.2, -0.15) is 5.10 Å². The van der Waals surface area contributed by atoms with Gasteiger partial charge in [-0.15, -0.1) is 11.3 Å². The third kappa shape index (κ3) is 4.67. The summed E-state index contributed by atoms with van der Waals surface area (Å²) in [5.41, 5.74) is 2.68. The number of thiophene rings is 1. The number of nitrogens with zero attached hydrogens (tertiary/aromatic N) is 4. The van der Waals surface area contributed by atoms with Crippen LogP contribution in [0.2, 0.25) is 0 Å². The van der Waals surface area contributed by atoms with Crippen LogP contribution in [0.3, 0.4) is 0 Å². The zero-order valence-electron chi connectivity index (χ0n) is 15.9. The molecule has 7 nitrogen and oxygen atoms in total. The SMILES string of the molecule is Cc1ccn(-c2cc(NCCNC(=O)c3ccc(-c4cccs4)cc3)ncn2)n1. The molecule has 0 saturated heterocycles. The van der Waals surface area contributed by atoms with E-state index in [1.165, 1.54) is 11.2 Å². The fourth-order valence-electron chi connectivity index (χ4n) is 2.81. The number of carbonyl (C=O) groups excluding carboxylic acids is 1. The van der Waals surface area contributed by atoms with E-state index in [1.54, 1.807) is 16.0 Å². The highest BCUT2D eigenvalue weighted by Gasteiger charge is 2.06. The standard InChI is InChI=1S/C21H20N6OS/c1-15-8-11-27(26-15)20-13-19(24-14-25-20)22-9-10-23-21(28)17-6-4-16(5-7-17)18-3-2-12-29-18/h2-8,11-14H,9-10H2,1H3,(H,23,28)(H,22,24,25). The summed E-state index contributed by atoms with van der Waals surface area (Å²) in [7, 11) is 0. The number of rotatable bonds is 7. The first kappa shape index (κ1) is 18.8. The summed E-state index contributed by atoms with van der Waals surface area (Å²) in [5, 5.41) is 12.5. The Hall–Kier alpha value is -3.52. The Balaban J connectivity index is 1.28. The second kappa shape index (κ2) is 8.66. The van der Waals surface area contributed by atoms with Crippen molar-refractivity contribution >= 4 is 23.1 Å². The number of carbonyl (C=O) groups is 1. The molecule has 0 atom stereocenters. The van der Waals surface area contributed by atoms with Crippen molar-refractivity contribution in [2.24, 2.45) is 0 Å². The van der Waals surface area contributed by atoms with Crippen molar-refractivity contribution in [2.45, 2.75) is 6.92 Å². The molecule has 0 radical (unpaired) electrons. The molecule has 1 aromatic carbocycles. The summed E-state index contributed by atoms with van der Waals surface area (Å²) in [6, 6.07) is 15.5. The second-order valence-corrected chi connectivity index (χ2v) is 7.35. The van der Waals surface area contributed by atoms with Gasteiger partial charge >= 0.3 is 0 Å². The van der Waals surface area contributed by atoms with Crippen molar-refractivity contribution in [3.63, 3.8) is 0 Å². The summed E-state index contributed by atoms with van der Waals surface area (Å²) >= 11 is 1.68. The Morgan fingerprint density at radius 3 is 2.69 bits per heavy atom. The molecule has 0 aliphatic carbocycles. The molecule has 8 heteroatoms. The fraction of sp³-hybridized carbons (Fsp3) is 0.143. The minimum absolute atomic E-state index is 0.0973. The van der Waals surface area contributed by atoms with E-state index in [0.717, 1.165) is 11.3 Å². The van der Waals surface area contributed by atoms with E-state index in [9.17, 15) is 4.79 Å². The third-order valence-corrected chi connectivity index (χ3v) is 5.20. The molecule has 3 heterocycles. The number of aryl methyl sites for hydroxylation is 1. The van der Waals surface area contributed by atoms with E-state index in [2.05, 4.69) is 31.8 Å². The van der Waals surface area contributed by atoms with Crippen molar-refractivity contribution in [3.8, 4) is 16.3 Å². The van der Waals surface area contributed by atoms with Gasteiger partial charge in [0, 0.05) is 35.8 Å². The van der Waals surface area contributed by atoms with Crippen LogP contribution in [0.15, 0.2) is 66.4 Å². The molecule has 29 heavy (non-hydrogen) atoms. The van der Waals surface area contributed by atoms with Crippen molar-refractivity contribution in [1.29, 1.82) is 0 Å². The normalized spacial score (nSPS) is 10.7. The van der Waals surface area contributed by atoms with Crippen LogP contribution in [0, 0.1) is 6.92 Å². The van der Waals surface area contributed by atoms with E-state index in [0.29, 0.717) is 30.3 Å². The van der Waals surface area contributed by atoms with Gasteiger partial charge in [-0.1, -0.05) is 18.2 Å². The molecule has 0 unspecified atom stereocenters. The van der Waals surface area contributed by atoms with Gasteiger partial charge in [0.15, 0.2) is 5.82 Å². The van der Waals surface area contributed by atoms with Gasteiger partial charge < -0.3 is 10.6 Å². The molecular weight excluding hydrogens is 384 g/mol. The average Bonchev–Trinajstić information content (AvgIpc) is 3.43. The number of benzene rings is 1. The highest BCUT2D eigenvalue weighted by molar-refractivity contribution is 7.13. The molecule has 0 spiro atoms. The van der Waals surface area contributed by atoms with Crippen LogP contribution >= 0.6 is 11.3 Å². The molecule has 4 aromatic rings. The van der Waals surface area contributed by atoms with Crippen molar-refractivity contribution in [1.82, 2.24) is 25.1 Å². The van der Waals surface area contributed by atoms with E-state index in [-0.39, 0.29) is 5.91 Å². The molecule has 0 bridgehead atoms. The predicted octanol–water partition coefficient (Wildman–Crippen LogP) is 3.54. The molecule has 0 aliphatic heterocycles. The predicted molar refractivity (Wildman–Crippen MR) is 114 cm³/mol. The summed E-state index contributed by atoms with van der Waals surface area (Å²) in [4.78, 5) is 21.9. The molecule has 0 fully saturated rings. The van der Waals surface area contributed by atoms with Gasteiger partial charge in [-0.3, -0.25) is 4.79 Å². The first-order valence-electron chi connectivity index (χ1n) is 9.20. The smallest absolute Gasteiger partial charge is 0.251 e. The summed E-state index contributed by atoms with van der Waals surface area (Å²) < 4.78 is 1.70. The maximum Gasteiger partial charge on any atom is 0.251 e. The topological polar surface area (TPSA) is 84.7 Å². The summed E-state index contributed by atoms with van der Waals surface area (Å²) in [5.74, 6) is 1.27. The lowest BCUT2D eigenvalue weighted by Gasteiger charge is -2.09. The zero-order chi connectivity index (χ0) is 20.1. The van der Waals surface area contributed by atoms with Gasteiger partial charge in [0.05, 0.1) is 5.69 Å². The number of amides is 1. The summed E-state index contributed by atoms with van der Waals surface area (Å²) in [6.07, 6.45) is 3.34. The van der Waals surface area contributed by atoms with Crippen LogP contribution in [0.1, 0.15) is 16.1 Å². The second-order valence-electron chi connectivity index (χ2n) is 6.40. The first-order valence-corrected chi connectivity index (χ1v) is 10.1. The fourth-order valence-corrected chi connectivity index (χ4v) is 3.54. The van der Waals surface area contributed by atoms with Gasteiger partial charge in [0.1, 0.15) is 12.1 Å². The number of nitrogens with one attached hydrogen (secondary N) is 2.